The van der Waals surface area contributed by atoms with Crippen molar-refractivity contribution in [3.8, 4) is 0 Å². The summed E-state index contributed by atoms with van der Waals surface area (Å²) in [5, 5.41) is 0. The molecule has 0 N–H and O–H groups in total. The molecule has 1 aliphatic rings. The van der Waals surface area contributed by atoms with E-state index in [0.29, 0.717) is 5.92 Å². The number of aryl methyl sites for hydroxylation is 1. The highest BCUT2D eigenvalue weighted by Crippen LogP contribution is 2.44. The highest BCUT2D eigenvalue weighted by Gasteiger charge is 2.36. The van der Waals surface area contributed by atoms with Crippen LogP contribution in [0.15, 0.2) is 12.1 Å². The van der Waals surface area contributed by atoms with Gasteiger partial charge in [0.2, 0.25) is 0 Å². The highest BCUT2D eigenvalue weighted by atomic mass is 16.1. The van der Waals surface area contributed by atoms with Crippen LogP contribution in [0.1, 0.15) is 67.9 Å². The zero-order valence-electron chi connectivity index (χ0n) is 12.8. The molecule has 2 rings (SSSR count). The molecule has 19 heavy (non-hydrogen) atoms. The number of hydrogen-bond acceptors (Lipinski definition) is 2. The maximum absolute atomic E-state index is 11.1. The minimum absolute atomic E-state index is 0.192. The van der Waals surface area contributed by atoms with Gasteiger partial charge in [0, 0.05) is 23.3 Å². The molecule has 1 aromatic carbocycles. The molecule has 0 radical (unpaired) electrons. The lowest BCUT2D eigenvalue weighted by Crippen LogP contribution is -2.48. The van der Waals surface area contributed by atoms with Gasteiger partial charge in [0.1, 0.15) is 6.29 Å². The number of rotatable bonds is 3. The van der Waals surface area contributed by atoms with Crippen molar-refractivity contribution in [2.24, 2.45) is 0 Å². The minimum Gasteiger partial charge on any atom is -0.366 e. The topological polar surface area (TPSA) is 20.3 Å². The van der Waals surface area contributed by atoms with Crippen molar-refractivity contribution in [2.45, 2.75) is 58.9 Å². The first-order chi connectivity index (χ1) is 8.90. The summed E-state index contributed by atoms with van der Waals surface area (Å²) in [4.78, 5) is 13.7. The van der Waals surface area contributed by atoms with E-state index in [-0.39, 0.29) is 5.54 Å². The van der Waals surface area contributed by atoms with E-state index >= 15 is 0 Å². The summed E-state index contributed by atoms with van der Waals surface area (Å²) in [6, 6.07) is 4.30. The van der Waals surface area contributed by atoms with E-state index in [0.717, 1.165) is 36.8 Å². The molecule has 0 saturated carbocycles. The Morgan fingerprint density at radius 1 is 1.42 bits per heavy atom. The average molecular weight is 259 g/mol. The van der Waals surface area contributed by atoms with Gasteiger partial charge in [-0.1, -0.05) is 13.8 Å². The summed E-state index contributed by atoms with van der Waals surface area (Å²) in [7, 11) is 0. The van der Waals surface area contributed by atoms with Crippen LogP contribution >= 0.6 is 0 Å². The lowest BCUT2D eigenvalue weighted by atomic mass is 9.79. The summed E-state index contributed by atoms with van der Waals surface area (Å²) in [5.41, 5.74) is 4.77. The van der Waals surface area contributed by atoms with Crippen LogP contribution in [0.4, 0.5) is 5.69 Å². The zero-order chi connectivity index (χ0) is 14.2. The minimum atomic E-state index is 0.192. The molecule has 0 amide bonds. The Morgan fingerprint density at radius 3 is 2.68 bits per heavy atom. The number of hydrogen-bond donors (Lipinski definition) is 0. The Labute approximate surface area is 116 Å². The number of carbonyl (C=O) groups excluding carboxylic acids is 1. The summed E-state index contributed by atoms with van der Waals surface area (Å²) in [6.45, 7) is 12.2. The normalized spacial score (nSPS) is 21.1. The summed E-state index contributed by atoms with van der Waals surface area (Å²) >= 11 is 0. The van der Waals surface area contributed by atoms with Crippen molar-refractivity contribution in [1.29, 1.82) is 0 Å². The summed E-state index contributed by atoms with van der Waals surface area (Å²) in [6.07, 6.45) is 3.26. The molecule has 1 heterocycles. The fraction of sp³-hybridized carbons (Fsp3) is 0.588. The van der Waals surface area contributed by atoms with Gasteiger partial charge in [-0.05, 0) is 62.8 Å². The van der Waals surface area contributed by atoms with Crippen molar-refractivity contribution in [3.63, 3.8) is 0 Å². The molecule has 0 spiro atoms. The molecule has 104 valence electrons. The van der Waals surface area contributed by atoms with Crippen LogP contribution in [-0.2, 0) is 0 Å². The first kappa shape index (κ1) is 14.1. The van der Waals surface area contributed by atoms with Gasteiger partial charge in [0.25, 0.3) is 0 Å². The monoisotopic (exact) mass is 259 g/mol. The third-order valence-corrected chi connectivity index (χ3v) is 4.35. The van der Waals surface area contributed by atoms with Gasteiger partial charge < -0.3 is 4.90 Å². The van der Waals surface area contributed by atoms with Crippen LogP contribution in [0.25, 0.3) is 0 Å². The molecule has 0 aromatic heterocycles. The van der Waals surface area contributed by atoms with Gasteiger partial charge in [-0.3, -0.25) is 4.79 Å². The maximum Gasteiger partial charge on any atom is 0.150 e. The van der Waals surface area contributed by atoms with Gasteiger partial charge in [0.15, 0.2) is 0 Å². The third kappa shape index (κ3) is 2.41. The van der Waals surface area contributed by atoms with E-state index in [9.17, 15) is 4.79 Å². The smallest absolute Gasteiger partial charge is 0.150 e. The molecule has 0 bridgehead atoms. The van der Waals surface area contributed by atoms with Gasteiger partial charge in [-0.25, -0.2) is 0 Å². The van der Waals surface area contributed by atoms with Gasteiger partial charge in [-0.15, -0.1) is 0 Å². The van der Waals surface area contributed by atoms with Crippen LogP contribution in [0.3, 0.4) is 0 Å². The largest absolute Gasteiger partial charge is 0.366 e. The number of carbonyl (C=O) groups is 1. The molecule has 1 aromatic rings. The van der Waals surface area contributed by atoms with Crippen molar-refractivity contribution >= 4 is 12.0 Å². The van der Waals surface area contributed by atoms with Crippen molar-refractivity contribution < 1.29 is 4.79 Å². The van der Waals surface area contributed by atoms with Gasteiger partial charge >= 0.3 is 0 Å². The van der Waals surface area contributed by atoms with Crippen LogP contribution in [0, 0.1) is 6.92 Å². The fourth-order valence-corrected chi connectivity index (χ4v) is 3.42. The van der Waals surface area contributed by atoms with Crippen LogP contribution < -0.4 is 4.90 Å². The molecular formula is C17H25NO. The summed E-state index contributed by atoms with van der Waals surface area (Å²) < 4.78 is 0. The Hall–Kier alpha value is -1.31. The van der Waals surface area contributed by atoms with Crippen molar-refractivity contribution in [2.75, 3.05) is 11.4 Å². The van der Waals surface area contributed by atoms with E-state index in [4.69, 9.17) is 0 Å². The third-order valence-electron chi connectivity index (χ3n) is 4.35. The number of fused-ring (bicyclic) bond motifs is 1. The first-order valence-corrected chi connectivity index (χ1v) is 7.28. The Kier molecular flexibility index (Phi) is 3.71. The Morgan fingerprint density at radius 2 is 2.11 bits per heavy atom. The van der Waals surface area contributed by atoms with E-state index in [2.05, 4.69) is 44.7 Å². The van der Waals surface area contributed by atoms with Gasteiger partial charge in [-0.2, -0.15) is 0 Å². The molecule has 1 aliphatic heterocycles. The number of nitrogens with zero attached hydrogens (tertiary/aromatic N) is 1. The summed E-state index contributed by atoms with van der Waals surface area (Å²) in [5.74, 6) is 0.511. The van der Waals surface area contributed by atoms with E-state index < -0.39 is 0 Å². The van der Waals surface area contributed by atoms with Crippen LogP contribution in [-0.4, -0.2) is 18.4 Å². The van der Waals surface area contributed by atoms with Crippen LogP contribution in [0.5, 0.6) is 0 Å². The first-order valence-electron chi connectivity index (χ1n) is 7.28. The van der Waals surface area contributed by atoms with Crippen molar-refractivity contribution in [1.82, 2.24) is 0 Å². The second-order valence-corrected chi connectivity index (χ2v) is 6.45. The second-order valence-electron chi connectivity index (χ2n) is 6.45. The predicted molar refractivity (Wildman–Crippen MR) is 81.3 cm³/mol. The quantitative estimate of drug-likeness (QED) is 0.754. The number of benzene rings is 1. The lowest BCUT2D eigenvalue weighted by molar-refractivity contribution is 0.112. The zero-order valence-corrected chi connectivity index (χ0v) is 12.8. The lowest BCUT2D eigenvalue weighted by Gasteiger charge is -2.48. The van der Waals surface area contributed by atoms with Crippen LogP contribution in [0.2, 0.25) is 0 Å². The molecule has 0 saturated heterocycles. The SMILES string of the molecule is CCCN1c2cc(C)c(C=O)cc2[C@H](C)CC1(C)C. The van der Waals surface area contributed by atoms with Gasteiger partial charge in [0.05, 0.1) is 0 Å². The molecule has 1 atom stereocenters. The Bertz CT molecular complexity index is 490. The average Bonchev–Trinajstić information content (AvgIpc) is 2.33. The predicted octanol–water partition coefficient (Wildman–Crippen LogP) is 4.31. The van der Waals surface area contributed by atoms with E-state index in [1.54, 1.807) is 0 Å². The number of aldehydes is 1. The number of anilines is 1. The Balaban J connectivity index is 2.58. The molecule has 0 unspecified atom stereocenters. The van der Waals surface area contributed by atoms with Crippen molar-refractivity contribution in [3.05, 3.63) is 28.8 Å². The maximum atomic E-state index is 11.1. The standard InChI is InChI=1S/C17H25NO/c1-6-7-18-16-8-12(2)14(11-19)9-15(16)13(3)10-17(18,4)5/h8-9,11,13H,6-7,10H2,1-5H3/t13-/m1/s1. The van der Waals surface area contributed by atoms with E-state index in [1.807, 2.05) is 6.92 Å². The molecule has 0 aliphatic carbocycles. The fourth-order valence-electron chi connectivity index (χ4n) is 3.42. The molecular weight excluding hydrogens is 234 g/mol. The van der Waals surface area contributed by atoms with E-state index in [1.165, 1.54) is 11.3 Å². The molecule has 2 nitrogen and oxygen atoms in total. The molecule has 2 heteroatoms. The molecule has 0 fully saturated rings. The highest BCUT2D eigenvalue weighted by molar-refractivity contribution is 5.80. The second kappa shape index (κ2) is 4.99.